The van der Waals surface area contributed by atoms with Gasteiger partial charge in [0.25, 0.3) is 5.56 Å². The third-order valence-electron chi connectivity index (χ3n) is 2.75. The van der Waals surface area contributed by atoms with Gasteiger partial charge in [0.05, 0.1) is 17.1 Å². The van der Waals surface area contributed by atoms with Crippen molar-refractivity contribution in [3.05, 3.63) is 45.3 Å². The zero-order chi connectivity index (χ0) is 12.7. The molecule has 18 heavy (non-hydrogen) atoms. The Kier molecular flexibility index (Phi) is 2.72. The first-order valence-electron chi connectivity index (χ1n) is 5.42. The maximum Gasteiger partial charge on any atom is 0.272 e. The van der Waals surface area contributed by atoms with Gasteiger partial charge in [0.2, 0.25) is 0 Å². The highest BCUT2D eigenvalue weighted by Gasteiger charge is 2.14. The summed E-state index contributed by atoms with van der Waals surface area (Å²) in [5.41, 5.74) is 2.99. The van der Waals surface area contributed by atoms with Crippen LogP contribution in [0.5, 0.6) is 0 Å². The molecule has 0 atom stereocenters. The smallest absolute Gasteiger partial charge is 0.272 e. The Labute approximate surface area is 112 Å². The summed E-state index contributed by atoms with van der Waals surface area (Å²) in [5, 5.41) is 5.04. The molecule has 0 saturated heterocycles. The Morgan fingerprint density at radius 1 is 1.56 bits per heavy atom. The Bertz CT molecular complexity index is 758. The normalized spacial score (nSPS) is 11.2. The van der Waals surface area contributed by atoms with Gasteiger partial charge in [0, 0.05) is 16.6 Å². The number of aromatic nitrogens is 3. The van der Waals surface area contributed by atoms with E-state index in [1.165, 1.54) is 10.6 Å². The molecule has 1 N–H and O–H groups in total. The van der Waals surface area contributed by atoms with E-state index in [9.17, 15) is 4.79 Å². The van der Waals surface area contributed by atoms with Gasteiger partial charge in [-0.25, -0.2) is 9.50 Å². The monoisotopic (exact) mass is 279 g/mol. The van der Waals surface area contributed by atoms with Gasteiger partial charge in [-0.2, -0.15) is 0 Å². The number of halogens is 1. The number of aryl methyl sites for hydroxylation is 1. The number of alkyl halides is 1. The Morgan fingerprint density at radius 2 is 2.39 bits per heavy atom. The van der Waals surface area contributed by atoms with E-state index in [2.05, 4.69) is 10.1 Å². The van der Waals surface area contributed by atoms with Crippen LogP contribution in [0.2, 0.25) is 0 Å². The predicted octanol–water partition coefficient (Wildman–Crippen LogP) is 2.80. The highest BCUT2D eigenvalue weighted by Crippen LogP contribution is 2.30. The number of thiophene rings is 1. The largest absolute Gasteiger partial charge is 0.293 e. The van der Waals surface area contributed by atoms with Gasteiger partial charge in [-0.1, -0.05) is 6.07 Å². The van der Waals surface area contributed by atoms with Crippen LogP contribution in [0.15, 0.2) is 28.4 Å². The summed E-state index contributed by atoms with van der Waals surface area (Å²) in [5.74, 6) is 0.236. The lowest BCUT2D eigenvalue weighted by molar-refractivity contribution is 0.871. The van der Waals surface area contributed by atoms with E-state index in [-0.39, 0.29) is 11.4 Å². The second-order valence-corrected chi connectivity index (χ2v) is 5.18. The molecular weight excluding hydrogens is 270 g/mol. The van der Waals surface area contributed by atoms with Crippen molar-refractivity contribution in [1.82, 2.24) is 14.6 Å². The summed E-state index contributed by atoms with van der Waals surface area (Å²) >= 11 is 7.39. The molecule has 0 aliphatic heterocycles. The van der Waals surface area contributed by atoms with Gasteiger partial charge in [-0.3, -0.25) is 9.89 Å². The summed E-state index contributed by atoms with van der Waals surface area (Å²) in [6.07, 6.45) is 0. The minimum Gasteiger partial charge on any atom is -0.293 e. The number of hydrogen-bond donors (Lipinski definition) is 1. The molecule has 6 heteroatoms. The van der Waals surface area contributed by atoms with Crippen LogP contribution in [0.3, 0.4) is 0 Å². The van der Waals surface area contributed by atoms with Crippen molar-refractivity contribution in [1.29, 1.82) is 0 Å². The number of rotatable bonds is 2. The molecule has 3 aromatic heterocycles. The lowest BCUT2D eigenvalue weighted by Crippen LogP contribution is -2.15. The van der Waals surface area contributed by atoms with Crippen LogP contribution in [0, 0.1) is 6.92 Å². The van der Waals surface area contributed by atoms with Gasteiger partial charge >= 0.3 is 0 Å². The molecule has 0 aromatic carbocycles. The fourth-order valence-electron chi connectivity index (χ4n) is 1.98. The van der Waals surface area contributed by atoms with Crippen molar-refractivity contribution in [2.24, 2.45) is 0 Å². The SMILES string of the molecule is Cc1[nH]n2c(=O)cc(CCl)nc2c1-c1cccs1. The van der Waals surface area contributed by atoms with Gasteiger partial charge < -0.3 is 0 Å². The average Bonchev–Trinajstić information content (AvgIpc) is 2.95. The first kappa shape index (κ1) is 11.5. The second-order valence-electron chi connectivity index (χ2n) is 3.97. The first-order valence-corrected chi connectivity index (χ1v) is 6.83. The van der Waals surface area contributed by atoms with Crippen LogP contribution in [0.1, 0.15) is 11.4 Å². The van der Waals surface area contributed by atoms with E-state index in [1.807, 2.05) is 24.4 Å². The van der Waals surface area contributed by atoms with Crippen LogP contribution in [-0.2, 0) is 5.88 Å². The lowest BCUT2D eigenvalue weighted by atomic mass is 10.2. The number of aromatic amines is 1. The van der Waals surface area contributed by atoms with Crippen molar-refractivity contribution in [2.45, 2.75) is 12.8 Å². The summed E-state index contributed by atoms with van der Waals surface area (Å²) < 4.78 is 1.46. The van der Waals surface area contributed by atoms with Crippen LogP contribution in [0.4, 0.5) is 0 Å². The van der Waals surface area contributed by atoms with Crippen LogP contribution in [0.25, 0.3) is 16.1 Å². The Morgan fingerprint density at radius 3 is 3.06 bits per heavy atom. The highest BCUT2D eigenvalue weighted by molar-refractivity contribution is 7.13. The first-order chi connectivity index (χ1) is 8.70. The standard InChI is InChI=1S/C12H10ClN3OS/c1-7-11(9-3-2-4-18-9)12-14-8(6-13)5-10(17)16(12)15-7/h2-5,15H,6H2,1H3. The topological polar surface area (TPSA) is 50.2 Å². The molecule has 4 nitrogen and oxygen atoms in total. The molecular formula is C12H10ClN3OS. The maximum absolute atomic E-state index is 11.9. The van der Waals surface area contributed by atoms with Crippen molar-refractivity contribution >= 4 is 28.6 Å². The number of nitrogens with one attached hydrogen (secondary N) is 1. The quantitative estimate of drug-likeness (QED) is 0.734. The molecule has 0 fully saturated rings. The van der Waals surface area contributed by atoms with Crippen molar-refractivity contribution < 1.29 is 0 Å². The number of fused-ring (bicyclic) bond motifs is 1. The minimum atomic E-state index is -0.137. The summed E-state index contributed by atoms with van der Waals surface area (Å²) in [4.78, 5) is 17.5. The Hall–Kier alpha value is -1.59. The van der Waals surface area contributed by atoms with E-state index in [0.717, 1.165) is 16.1 Å². The lowest BCUT2D eigenvalue weighted by Gasteiger charge is -1.98. The number of nitrogens with zero attached hydrogens (tertiary/aromatic N) is 2. The van der Waals surface area contributed by atoms with Gasteiger partial charge in [-0.15, -0.1) is 22.9 Å². The molecule has 3 rings (SSSR count). The summed E-state index contributed by atoms with van der Waals surface area (Å²) in [6, 6.07) is 5.45. The molecule has 0 spiro atoms. The fourth-order valence-corrected chi connectivity index (χ4v) is 2.94. The average molecular weight is 280 g/mol. The molecule has 3 heterocycles. The molecule has 92 valence electrons. The molecule has 0 unspecified atom stereocenters. The number of H-pyrrole nitrogens is 1. The van der Waals surface area contributed by atoms with E-state index >= 15 is 0 Å². The third-order valence-corrected chi connectivity index (χ3v) is 3.92. The van der Waals surface area contributed by atoms with Crippen LogP contribution >= 0.6 is 22.9 Å². The molecule has 3 aromatic rings. The molecule has 0 amide bonds. The summed E-state index contributed by atoms with van der Waals surface area (Å²) in [7, 11) is 0. The second kappa shape index (κ2) is 4.26. The van der Waals surface area contributed by atoms with Crippen LogP contribution in [-0.4, -0.2) is 14.6 Å². The van der Waals surface area contributed by atoms with Crippen molar-refractivity contribution in [3.8, 4) is 10.4 Å². The molecule has 0 saturated carbocycles. The van der Waals surface area contributed by atoms with E-state index in [4.69, 9.17) is 11.6 Å². The zero-order valence-electron chi connectivity index (χ0n) is 9.61. The van der Waals surface area contributed by atoms with Gasteiger partial charge in [-0.05, 0) is 18.4 Å². The van der Waals surface area contributed by atoms with Crippen molar-refractivity contribution in [2.75, 3.05) is 0 Å². The molecule has 0 aliphatic rings. The van der Waals surface area contributed by atoms with Gasteiger partial charge in [0.1, 0.15) is 0 Å². The molecule has 0 bridgehead atoms. The highest BCUT2D eigenvalue weighted by atomic mass is 35.5. The van der Waals surface area contributed by atoms with E-state index < -0.39 is 0 Å². The van der Waals surface area contributed by atoms with E-state index in [1.54, 1.807) is 11.3 Å². The molecule has 0 radical (unpaired) electrons. The molecule has 0 aliphatic carbocycles. The number of hydrogen-bond acceptors (Lipinski definition) is 3. The fraction of sp³-hybridized carbons (Fsp3) is 0.167. The zero-order valence-corrected chi connectivity index (χ0v) is 11.2. The van der Waals surface area contributed by atoms with Crippen molar-refractivity contribution in [3.63, 3.8) is 0 Å². The maximum atomic E-state index is 11.9. The summed E-state index contributed by atoms with van der Waals surface area (Å²) in [6.45, 7) is 1.93. The third kappa shape index (κ3) is 1.67. The van der Waals surface area contributed by atoms with Crippen LogP contribution < -0.4 is 5.56 Å². The van der Waals surface area contributed by atoms with E-state index in [0.29, 0.717) is 11.3 Å². The minimum absolute atomic E-state index is 0.137. The van der Waals surface area contributed by atoms with Gasteiger partial charge in [0.15, 0.2) is 5.65 Å². The Balaban J connectivity index is 2.41. The predicted molar refractivity (Wildman–Crippen MR) is 73.4 cm³/mol.